The molecule has 0 fully saturated rings. The number of carbonyl (C=O) groups is 2. The molecule has 21 heavy (non-hydrogen) atoms. The van der Waals surface area contributed by atoms with Crippen molar-refractivity contribution in [2.75, 3.05) is 39.5 Å². The summed E-state index contributed by atoms with van der Waals surface area (Å²) in [6, 6.07) is 0. The van der Waals surface area contributed by atoms with Gasteiger partial charge >= 0.3 is 6.09 Å². The summed E-state index contributed by atoms with van der Waals surface area (Å²) in [5, 5.41) is 5.05. The third kappa shape index (κ3) is 14.4. The Morgan fingerprint density at radius 2 is 1.52 bits per heavy atom. The molecule has 2 N–H and O–H groups in total. The van der Waals surface area contributed by atoms with Crippen LogP contribution in [0.3, 0.4) is 0 Å². The number of terminal acetylenes is 1. The Morgan fingerprint density at radius 1 is 1.00 bits per heavy atom. The van der Waals surface area contributed by atoms with Crippen LogP contribution in [0.1, 0.15) is 20.8 Å². The van der Waals surface area contributed by atoms with Gasteiger partial charge in [-0.05, 0) is 26.7 Å². The largest absolute Gasteiger partial charge is 0.444 e. The summed E-state index contributed by atoms with van der Waals surface area (Å²) in [4.78, 5) is 22.0. The van der Waals surface area contributed by atoms with Crippen molar-refractivity contribution in [1.29, 1.82) is 0 Å². The Balaban J connectivity index is 3.28. The molecule has 0 radical (unpaired) electrons. The summed E-state index contributed by atoms with van der Waals surface area (Å²) < 4.78 is 15.5. The summed E-state index contributed by atoms with van der Waals surface area (Å²) >= 11 is 0. The fourth-order valence-corrected chi connectivity index (χ4v) is 1.15. The van der Waals surface area contributed by atoms with E-state index in [0.29, 0.717) is 39.5 Å². The minimum atomic E-state index is -0.506. The van der Waals surface area contributed by atoms with Crippen LogP contribution in [-0.2, 0) is 19.0 Å². The maximum absolute atomic E-state index is 11.3. The van der Waals surface area contributed by atoms with E-state index >= 15 is 0 Å². The molecule has 0 spiro atoms. The molecular formula is C14H24N2O5. The normalized spacial score (nSPS) is 10.6. The average molecular weight is 300 g/mol. The number of carbonyl (C=O) groups excluding carboxylic acids is 2. The van der Waals surface area contributed by atoms with E-state index < -0.39 is 17.6 Å². The predicted octanol–water partition coefficient (Wildman–Crippen LogP) is 0.294. The van der Waals surface area contributed by atoms with Gasteiger partial charge in [0.2, 0.25) is 0 Å². The standard InChI is InChI=1S/C14H24N2O5/c1-5-12(17)15-6-8-19-10-11-20-9-7-16-13(18)21-14(2,3)4/h1H,6-11H2,2-4H3,(H,15,17)(H,16,18). The van der Waals surface area contributed by atoms with Gasteiger partial charge in [-0.15, -0.1) is 6.42 Å². The molecular weight excluding hydrogens is 276 g/mol. The predicted molar refractivity (Wildman–Crippen MR) is 77.7 cm³/mol. The molecule has 0 aromatic rings. The minimum Gasteiger partial charge on any atom is -0.444 e. The topological polar surface area (TPSA) is 85.9 Å². The van der Waals surface area contributed by atoms with Gasteiger partial charge < -0.3 is 24.8 Å². The maximum atomic E-state index is 11.3. The van der Waals surface area contributed by atoms with E-state index in [2.05, 4.69) is 10.6 Å². The lowest BCUT2D eigenvalue weighted by atomic mass is 10.2. The van der Waals surface area contributed by atoms with Crippen LogP contribution in [-0.4, -0.2) is 57.1 Å². The lowest BCUT2D eigenvalue weighted by Gasteiger charge is -2.19. The Hall–Kier alpha value is -1.78. The molecule has 0 saturated carbocycles. The van der Waals surface area contributed by atoms with Crippen molar-refractivity contribution in [3.8, 4) is 12.3 Å². The minimum absolute atomic E-state index is 0.364. The molecule has 0 aliphatic heterocycles. The first-order valence-electron chi connectivity index (χ1n) is 6.72. The quantitative estimate of drug-likeness (QED) is 0.472. The zero-order chi connectivity index (χ0) is 16.1. The number of ether oxygens (including phenoxy) is 3. The number of alkyl carbamates (subject to hydrolysis) is 1. The van der Waals surface area contributed by atoms with E-state index in [4.69, 9.17) is 20.6 Å². The second-order valence-corrected chi connectivity index (χ2v) is 5.05. The van der Waals surface area contributed by atoms with Gasteiger partial charge in [-0.3, -0.25) is 4.79 Å². The number of rotatable bonds is 9. The molecule has 0 aliphatic rings. The third-order valence-corrected chi connectivity index (χ3v) is 1.95. The molecule has 0 atom stereocenters. The fourth-order valence-electron chi connectivity index (χ4n) is 1.15. The van der Waals surface area contributed by atoms with Crippen molar-refractivity contribution >= 4 is 12.0 Å². The molecule has 7 nitrogen and oxygen atoms in total. The second kappa shape index (κ2) is 10.9. The number of hydrogen-bond acceptors (Lipinski definition) is 5. The van der Waals surface area contributed by atoms with Gasteiger partial charge in [0.15, 0.2) is 0 Å². The smallest absolute Gasteiger partial charge is 0.407 e. The molecule has 0 aliphatic carbocycles. The Bertz CT molecular complexity index is 357. The molecule has 2 amide bonds. The highest BCUT2D eigenvalue weighted by Gasteiger charge is 2.15. The summed E-state index contributed by atoms with van der Waals surface area (Å²) in [5.74, 6) is 1.48. The van der Waals surface area contributed by atoms with E-state index in [0.717, 1.165) is 0 Å². The van der Waals surface area contributed by atoms with Gasteiger partial charge in [0.25, 0.3) is 5.91 Å². The van der Waals surface area contributed by atoms with Crippen LogP contribution in [0, 0.1) is 12.3 Å². The fraction of sp³-hybridized carbons (Fsp3) is 0.714. The summed E-state index contributed by atoms with van der Waals surface area (Å²) in [7, 11) is 0. The molecule has 0 unspecified atom stereocenters. The monoisotopic (exact) mass is 300 g/mol. The zero-order valence-electron chi connectivity index (χ0n) is 12.9. The van der Waals surface area contributed by atoms with Crippen LogP contribution in [0.4, 0.5) is 4.79 Å². The van der Waals surface area contributed by atoms with Crippen molar-refractivity contribution in [2.45, 2.75) is 26.4 Å². The summed E-state index contributed by atoms with van der Waals surface area (Å²) in [5.41, 5.74) is -0.506. The maximum Gasteiger partial charge on any atom is 0.407 e. The second-order valence-electron chi connectivity index (χ2n) is 5.05. The highest BCUT2D eigenvalue weighted by molar-refractivity contribution is 5.92. The average Bonchev–Trinajstić information content (AvgIpc) is 2.38. The molecule has 0 aromatic carbocycles. The SMILES string of the molecule is C#CC(=O)NCCOCCOCCNC(=O)OC(C)(C)C. The van der Waals surface area contributed by atoms with Gasteiger partial charge in [0.05, 0.1) is 26.4 Å². The van der Waals surface area contributed by atoms with Crippen LogP contribution >= 0.6 is 0 Å². The summed E-state index contributed by atoms with van der Waals surface area (Å²) in [6.07, 6.45) is 4.41. The van der Waals surface area contributed by atoms with E-state index in [9.17, 15) is 9.59 Å². The van der Waals surface area contributed by atoms with Crippen molar-refractivity contribution < 1.29 is 23.8 Å². The van der Waals surface area contributed by atoms with E-state index in [1.165, 1.54) is 0 Å². The van der Waals surface area contributed by atoms with Gasteiger partial charge in [0.1, 0.15) is 5.60 Å². The first-order valence-corrected chi connectivity index (χ1v) is 6.72. The Kier molecular flexibility index (Phi) is 10.0. The number of nitrogens with one attached hydrogen (secondary N) is 2. The van der Waals surface area contributed by atoms with Gasteiger partial charge in [-0.2, -0.15) is 0 Å². The summed E-state index contributed by atoms with van der Waals surface area (Å²) in [6.45, 7) is 7.67. The molecule has 7 heteroatoms. The molecule has 0 heterocycles. The first kappa shape index (κ1) is 19.2. The third-order valence-electron chi connectivity index (χ3n) is 1.95. The molecule has 0 saturated heterocycles. The van der Waals surface area contributed by atoms with Crippen LogP contribution in [0.2, 0.25) is 0 Å². The first-order chi connectivity index (χ1) is 9.85. The van der Waals surface area contributed by atoms with Crippen molar-refractivity contribution in [2.24, 2.45) is 0 Å². The highest BCUT2D eigenvalue weighted by Crippen LogP contribution is 2.05. The number of amides is 2. The van der Waals surface area contributed by atoms with Crippen molar-refractivity contribution in [3.63, 3.8) is 0 Å². The van der Waals surface area contributed by atoms with Crippen LogP contribution in [0.5, 0.6) is 0 Å². The lowest BCUT2D eigenvalue weighted by Crippen LogP contribution is -2.34. The van der Waals surface area contributed by atoms with Crippen LogP contribution in [0.15, 0.2) is 0 Å². The van der Waals surface area contributed by atoms with Gasteiger partial charge in [0, 0.05) is 13.1 Å². The number of hydrogen-bond donors (Lipinski definition) is 2. The lowest BCUT2D eigenvalue weighted by molar-refractivity contribution is -0.115. The van der Waals surface area contributed by atoms with Crippen molar-refractivity contribution in [3.05, 3.63) is 0 Å². The molecule has 0 rings (SSSR count). The Labute approximate surface area is 125 Å². The van der Waals surface area contributed by atoms with E-state index in [-0.39, 0.29) is 0 Å². The van der Waals surface area contributed by atoms with E-state index in [1.54, 1.807) is 20.8 Å². The van der Waals surface area contributed by atoms with Crippen LogP contribution < -0.4 is 10.6 Å². The van der Waals surface area contributed by atoms with Gasteiger partial charge in [-0.1, -0.05) is 0 Å². The molecule has 0 bridgehead atoms. The zero-order valence-corrected chi connectivity index (χ0v) is 12.9. The van der Waals surface area contributed by atoms with Crippen molar-refractivity contribution in [1.82, 2.24) is 10.6 Å². The van der Waals surface area contributed by atoms with Gasteiger partial charge in [-0.25, -0.2) is 4.79 Å². The molecule has 0 aromatic heterocycles. The molecule has 120 valence electrons. The van der Waals surface area contributed by atoms with Crippen LogP contribution in [0.25, 0.3) is 0 Å². The van der Waals surface area contributed by atoms with E-state index in [1.807, 2.05) is 5.92 Å². The highest BCUT2D eigenvalue weighted by atomic mass is 16.6. The Morgan fingerprint density at radius 3 is 2.00 bits per heavy atom.